The van der Waals surface area contributed by atoms with Crippen molar-refractivity contribution in [3.05, 3.63) is 0 Å². The fraction of sp³-hybridized carbons (Fsp3) is 0.833. The highest BCUT2D eigenvalue weighted by Gasteiger charge is 2.36. The van der Waals surface area contributed by atoms with Crippen molar-refractivity contribution in [2.24, 2.45) is 5.73 Å². The molecule has 1 saturated heterocycles. The Bertz CT molecular complexity index is 328. The highest BCUT2D eigenvalue weighted by Crippen LogP contribution is 2.26. The van der Waals surface area contributed by atoms with E-state index >= 15 is 0 Å². The molecule has 0 aromatic carbocycles. The Balaban J connectivity index is 2.78. The second kappa shape index (κ2) is 5.82. The molecule has 0 saturated carbocycles. The van der Waals surface area contributed by atoms with Crippen molar-refractivity contribution in [2.75, 3.05) is 12.8 Å². The summed E-state index contributed by atoms with van der Waals surface area (Å²) in [6, 6.07) is -0.539. The van der Waals surface area contributed by atoms with Gasteiger partial charge in [0, 0.05) is 11.8 Å². The van der Waals surface area contributed by atoms with Crippen LogP contribution in [0, 0.1) is 0 Å². The second-order valence-electron chi connectivity index (χ2n) is 5.49. The maximum Gasteiger partial charge on any atom is 0.411 e. The van der Waals surface area contributed by atoms with Crippen LogP contribution < -0.4 is 5.73 Å². The summed E-state index contributed by atoms with van der Waals surface area (Å²) in [4.78, 5) is 24.9. The van der Waals surface area contributed by atoms with Crippen LogP contribution in [0.3, 0.4) is 0 Å². The molecule has 0 radical (unpaired) electrons. The lowest BCUT2D eigenvalue weighted by atomic mass is 10.0. The molecular formula is C12H22N2O3S. The van der Waals surface area contributed by atoms with Crippen LogP contribution in [0.25, 0.3) is 0 Å². The molecule has 0 bridgehead atoms. The SMILES string of the molecule is CSC1CC[C@H](C(N)=O)N(C(=O)OC(C)(C)C)C1. The van der Waals surface area contributed by atoms with Gasteiger partial charge in [-0.3, -0.25) is 9.69 Å². The van der Waals surface area contributed by atoms with Crippen molar-refractivity contribution in [2.45, 2.75) is 50.5 Å². The van der Waals surface area contributed by atoms with E-state index in [2.05, 4.69) is 0 Å². The molecule has 1 aliphatic heterocycles. The van der Waals surface area contributed by atoms with Gasteiger partial charge in [0.2, 0.25) is 5.91 Å². The standard InChI is InChI=1S/C12H22N2O3S/c1-12(2,3)17-11(16)14-7-8(18-4)5-6-9(14)10(13)15/h8-9H,5-7H2,1-4H3,(H2,13,15)/t8?,9-/m1/s1. The van der Waals surface area contributed by atoms with E-state index in [1.165, 1.54) is 4.90 Å². The summed E-state index contributed by atoms with van der Waals surface area (Å²) in [5.41, 5.74) is 4.79. The summed E-state index contributed by atoms with van der Waals surface area (Å²) in [7, 11) is 0. The van der Waals surface area contributed by atoms with Crippen molar-refractivity contribution in [1.82, 2.24) is 4.90 Å². The molecule has 2 amide bonds. The highest BCUT2D eigenvalue weighted by atomic mass is 32.2. The first-order chi connectivity index (χ1) is 8.24. The number of thioether (sulfide) groups is 1. The lowest BCUT2D eigenvalue weighted by Gasteiger charge is -2.38. The van der Waals surface area contributed by atoms with E-state index in [1.54, 1.807) is 32.5 Å². The Hall–Kier alpha value is -0.910. The van der Waals surface area contributed by atoms with Gasteiger partial charge in [-0.25, -0.2) is 4.79 Å². The normalized spacial score (nSPS) is 24.8. The number of ether oxygens (including phenoxy) is 1. The molecule has 1 unspecified atom stereocenters. The lowest BCUT2D eigenvalue weighted by molar-refractivity contribution is -0.124. The third-order valence-corrected chi connectivity index (χ3v) is 3.88. The summed E-state index contributed by atoms with van der Waals surface area (Å²) in [5, 5.41) is 0.341. The molecule has 0 spiro atoms. The van der Waals surface area contributed by atoms with Crippen LogP contribution in [-0.2, 0) is 9.53 Å². The number of carbonyl (C=O) groups excluding carboxylic acids is 2. The zero-order valence-electron chi connectivity index (χ0n) is 11.4. The molecule has 0 aliphatic carbocycles. The number of hydrogen-bond acceptors (Lipinski definition) is 4. The Morgan fingerprint density at radius 2 is 1.94 bits per heavy atom. The van der Waals surface area contributed by atoms with Gasteiger partial charge in [-0.15, -0.1) is 0 Å². The number of hydrogen-bond donors (Lipinski definition) is 1. The van der Waals surface area contributed by atoms with Gasteiger partial charge in [0.05, 0.1) is 0 Å². The van der Waals surface area contributed by atoms with E-state index in [0.717, 1.165) is 6.42 Å². The maximum absolute atomic E-state index is 12.1. The van der Waals surface area contributed by atoms with Gasteiger partial charge in [0.1, 0.15) is 11.6 Å². The fourth-order valence-electron chi connectivity index (χ4n) is 1.95. The number of likely N-dealkylation sites (tertiary alicyclic amines) is 1. The Morgan fingerprint density at radius 3 is 2.39 bits per heavy atom. The third-order valence-electron chi connectivity index (χ3n) is 2.83. The molecule has 104 valence electrons. The Kier molecular flexibility index (Phi) is 4.90. The number of primary amides is 1. The van der Waals surface area contributed by atoms with Crippen LogP contribution in [0.5, 0.6) is 0 Å². The number of piperidine rings is 1. The van der Waals surface area contributed by atoms with Crippen molar-refractivity contribution in [3.63, 3.8) is 0 Å². The van der Waals surface area contributed by atoms with E-state index in [1.807, 2.05) is 6.26 Å². The van der Waals surface area contributed by atoms with Crippen LogP contribution in [-0.4, -0.2) is 46.6 Å². The molecule has 2 N–H and O–H groups in total. The quantitative estimate of drug-likeness (QED) is 0.830. The topological polar surface area (TPSA) is 72.6 Å². The van der Waals surface area contributed by atoms with Crippen molar-refractivity contribution < 1.29 is 14.3 Å². The maximum atomic E-state index is 12.1. The number of amides is 2. The zero-order chi connectivity index (χ0) is 13.9. The van der Waals surface area contributed by atoms with Gasteiger partial charge in [0.25, 0.3) is 0 Å². The zero-order valence-corrected chi connectivity index (χ0v) is 12.3. The predicted octanol–water partition coefficient (Wildman–Crippen LogP) is 1.60. The molecule has 18 heavy (non-hydrogen) atoms. The molecule has 1 fully saturated rings. The Morgan fingerprint density at radius 1 is 1.33 bits per heavy atom. The average molecular weight is 274 g/mol. The van der Waals surface area contributed by atoms with Crippen LogP contribution in [0.2, 0.25) is 0 Å². The minimum absolute atomic E-state index is 0.341. The molecular weight excluding hydrogens is 252 g/mol. The van der Waals surface area contributed by atoms with E-state index < -0.39 is 23.6 Å². The molecule has 0 aromatic rings. The van der Waals surface area contributed by atoms with Gasteiger partial charge in [0.15, 0.2) is 0 Å². The van der Waals surface area contributed by atoms with Gasteiger partial charge in [-0.05, 0) is 39.9 Å². The van der Waals surface area contributed by atoms with Crippen molar-refractivity contribution in [3.8, 4) is 0 Å². The minimum atomic E-state index is -0.564. The molecule has 1 rings (SSSR count). The van der Waals surface area contributed by atoms with E-state index in [4.69, 9.17) is 10.5 Å². The monoisotopic (exact) mass is 274 g/mol. The summed E-state index contributed by atoms with van der Waals surface area (Å²) in [5.74, 6) is -0.458. The first kappa shape index (κ1) is 15.1. The molecule has 2 atom stereocenters. The number of rotatable bonds is 2. The first-order valence-electron chi connectivity index (χ1n) is 6.06. The molecule has 1 heterocycles. The summed E-state index contributed by atoms with van der Waals surface area (Å²) in [6.45, 7) is 5.93. The van der Waals surface area contributed by atoms with E-state index in [-0.39, 0.29) is 0 Å². The summed E-state index contributed by atoms with van der Waals surface area (Å²) >= 11 is 1.70. The van der Waals surface area contributed by atoms with Crippen LogP contribution in [0.15, 0.2) is 0 Å². The number of carbonyl (C=O) groups is 2. The smallest absolute Gasteiger partial charge is 0.411 e. The number of nitrogens with two attached hydrogens (primary N) is 1. The summed E-state index contributed by atoms with van der Waals surface area (Å²) < 4.78 is 5.32. The fourth-order valence-corrected chi connectivity index (χ4v) is 2.63. The Labute approximate surface area is 112 Å². The molecule has 6 heteroatoms. The number of nitrogens with zero attached hydrogens (tertiary/aromatic N) is 1. The molecule has 1 aliphatic rings. The van der Waals surface area contributed by atoms with E-state index in [9.17, 15) is 9.59 Å². The highest BCUT2D eigenvalue weighted by molar-refractivity contribution is 7.99. The van der Waals surface area contributed by atoms with Crippen LogP contribution in [0.1, 0.15) is 33.6 Å². The first-order valence-corrected chi connectivity index (χ1v) is 7.35. The van der Waals surface area contributed by atoms with E-state index in [0.29, 0.717) is 18.2 Å². The van der Waals surface area contributed by atoms with Gasteiger partial charge < -0.3 is 10.5 Å². The van der Waals surface area contributed by atoms with Gasteiger partial charge in [-0.2, -0.15) is 11.8 Å². The lowest BCUT2D eigenvalue weighted by Crippen LogP contribution is -2.54. The largest absolute Gasteiger partial charge is 0.444 e. The second-order valence-corrected chi connectivity index (χ2v) is 6.62. The summed E-state index contributed by atoms with van der Waals surface area (Å²) in [6.07, 6.45) is 3.06. The molecule has 0 aromatic heterocycles. The third kappa shape index (κ3) is 4.08. The average Bonchev–Trinajstić information content (AvgIpc) is 2.25. The van der Waals surface area contributed by atoms with Crippen LogP contribution in [0.4, 0.5) is 4.79 Å². The minimum Gasteiger partial charge on any atom is -0.444 e. The van der Waals surface area contributed by atoms with Crippen molar-refractivity contribution >= 4 is 23.8 Å². The molecule has 5 nitrogen and oxygen atoms in total. The van der Waals surface area contributed by atoms with Gasteiger partial charge in [-0.1, -0.05) is 0 Å². The predicted molar refractivity (Wildman–Crippen MR) is 72.5 cm³/mol. The van der Waals surface area contributed by atoms with Crippen LogP contribution >= 0.6 is 11.8 Å². The van der Waals surface area contributed by atoms with Crippen molar-refractivity contribution in [1.29, 1.82) is 0 Å². The van der Waals surface area contributed by atoms with Gasteiger partial charge >= 0.3 is 6.09 Å².